The second-order valence-electron chi connectivity index (χ2n) is 9.71. The van der Waals surface area contributed by atoms with Crippen molar-refractivity contribution in [2.45, 2.75) is 70.2 Å². The van der Waals surface area contributed by atoms with E-state index >= 15 is 0 Å². The van der Waals surface area contributed by atoms with Crippen molar-refractivity contribution in [1.82, 2.24) is 10.6 Å². The largest absolute Gasteiger partial charge is 0.497 e. The number of carbonyl (C=O) groups excluding carboxylic acids is 3. The zero-order chi connectivity index (χ0) is 26.1. The van der Waals surface area contributed by atoms with E-state index in [1.807, 2.05) is 42.5 Å². The minimum atomic E-state index is -0.932. The molecule has 3 rings (SSSR count). The number of nitrogens with one attached hydrogen (secondary N) is 2. The van der Waals surface area contributed by atoms with Gasteiger partial charge in [-0.1, -0.05) is 42.5 Å². The van der Waals surface area contributed by atoms with Gasteiger partial charge in [0.2, 0.25) is 11.8 Å². The van der Waals surface area contributed by atoms with Crippen LogP contribution in [0.5, 0.6) is 5.75 Å². The first-order valence-corrected chi connectivity index (χ1v) is 12.3. The summed E-state index contributed by atoms with van der Waals surface area (Å²) in [5, 5.41) is 15.6. The van der Waals surface area contributed by atoms with Crippen LogP contribution < -0.4 is 15.4 Å². The average Bonchev–Trinajstić information content (AvgIpc) is 2.87. The lowest BCUT2D eigenvalue weighted by atomic mass is 9.79. The Hall–Kier alpha value is -3.39. The Morgan fingerprint density at radius 2 is 1.64 bits per heavy atom. The highest BCUT2D eigenvalue weighted by Crippen LogP contribution is 2.31. The molecule has 0 radical (unpaired) electrons. The van der Waals surface area contributed by atoms with Gasteiger partial charge in [-0.25, -0.2) is 4.79 Å². The summed E-state index contributed by atoms with van der Waals surface area (Å²) < 4.78 is 10.7. The van der Waals surface area contributed by atoms with Gasteiger partial charge < -0.3 is 25.2 Å². The van der Waals surface area contributed by atoms with Gasteiger partial charge in [0.1, 0.15) is 24.4 Å². The Morgan fingerprint density at radius 1 is 1.00 bits per heavy atom. The van der Waals surface area contributed by atoms with Crippen LogP contribution in [0.15, 0.2) is 54.6 Å². The number of carbonyl (C=O) groups is 3. The third kappa shape index (κ3) is 8.09. The van der Waals surface area contributed by atoms with Crippen LogP contribution in [0.4, 0.5) is 0 Å². The van der Waals surface area contributed by atoms with Gasteiger partial charge in [-0.3, -0.25) is 9.59 Å². The van der Waals surface area contributed by atoms with Crippen LogP contribution in [-0.4, -0.2) is 47.7 Å². The lowest BCUT2D eigenvalue weighted by molar-refractivity contribution is -0.149. The third-order valence-corrected chi connectivity index (χ3v) is 6.61. The molecule has 0 saturated heterocycles. The maximum atomic E-state index is 13.0. The van der Waals surface area contributed by atoms with Crippen molar-refractivity contribution in [1.29, 1.82) is 0 Å². The molecule has 194 valence electrons. The van der Waals surface area contributed by atoms with Crippen molar-refractivity contribution in [3.05, 3.63) is 65.7 Å². The molecule has 1 saturated carbocycles. The minimum absolute atomic E-state index is 0.0897. The standard InChI is InChI=1S/C28H36N2O6/c1-19(29-26(32)22-13-15-28(2,34)16-14-22)25(31)30-24(17-20-9-11-23(35-3)12-10-20)27(33)36-18-21-7-5-4-6-8-21/h4-12,19,22,24,34H,13-18H2,1-3H3,(H,29,32)(H,30,31)/t19-,22?,24+,28?/m1/s1. The van der Waals surface area contributed by atoms with E-state index in [1.54, 1.807) is 33.1 Å². The first-order chi connectivity index (χ1) is 17.2. The normalized spacial score (nSPS) is 21.1. The highest BCUT2D eigenvalue weighted by molar-refractivity contribution is 5.91. The molecule has 2 atom stereocenters. The summed E-state index contributed by atoms with van der Waals surface area (Å²) in [5.41, 5.74) is 0.922. The SMILES string of the molecule is COc1ccc(C[C@H](NC(=O)[C@@H](C)NC(=O)C2CCC(C)(O)CC2)C(=O)OCc2ccccc2)cc1. The van der Waals surface area contributed by atoms with Crippen LogP contribution in [0.3, 0.4) is 0 Å². The molecule has 0 bridgehead atoms. The van der Waals surface area contributed by atoms with Crippen LogP contribution in [0.25, 0.3) is 0 Å². The molecule has 2 aromatic carbocycles. The number of hydrogen-bond acceptors (Lipinski definition) is 6. The zero-order valence-electron chi connectivity index (χ0n) is 21.2. The quantitative estimate of drug-likeness (QED) is 0.436. The van der Waals surface area contributed by atoms with E-state index in [0.29, 0.717) is 31.4 Å². The highest BCUT2D eigenvalue weighted by atomic mass is 16.5. The number of ether oxygens (including phenoxy) is 2. The molecule has 2 aromatic rings. The van der Waals surface area contributed by atoms with Crippen LogP contribution in [0, 0.1) is 5.92 Å². The minimum Gasteiger partial charge on any atom is -0.497 e. The predicted molar refractivity (Wildman–Crippen MR) is 135 cm³/mol. The van der Waals surface area contributed by atoms with Gasteiger partial charge in [0.15, 0.2) is 0 Å². The molecule has 1 aliphatic rings. The van der Waals surface area contributed by atoms with Gasteiger partial charge in [0.05, 0.1) is 12.7 Å². The van der Waals surface area contributed by atoms with E-state index in [4.69, 9.17) is 9.47 Å². The number of aliphatic hydroxyl groups is 1. The maximum Gasteiger partial charge on any atom is 0.329 e. The molecule has 2 amide bonds. The Morgan fingerprint density at radius 3 is 2.25 bits per heavy atom. The molecule has 0 heterocycles. The Labute approximate surface area is 212 Å². The maximum absolute atomic E-state index is 13.0. The summed E-state index contributed by atoms with van der Waals surface area (Å²) in [4.78, 5) is 38.6. The topological polar surface area (TPSA) is 114 Å². The number of hydrogen-bond donors (Lipinski definition) is 3. The first-order valence-electron chi connectivity index (χ1n) is 12.3. The summed E-state index contributed by atoms with van der Waals surface area (Å²) >= 11 is 0. The predicted octanol–water partition coefficient (Wildman–Crippen LogP) is 2.91. The summed E-state index contributed by atoms with van der Waals surface area (Å²) in [6.45, 7) is 3.45. The number of esters is 1. The molecule has 0 aliphatic heterocycles. The molecule has 0 aromatic heterocycles. The van der Waals surface area contributed by atoms with Crippen LogP contribution in [0.1, 0.15) is 50.7 Å². The highest BCUT2D eigenvalue weighted by Gasteiger charge is 2.33. The summed E-state index contributed by atoms with van der Waals surface area (Å²) in [7, 11) is 1.57. The van der Waals surface area contributed by atoms with E-state index < -0.39 is 29.6 Å². The van der Waals surface area contributed by atoms with Crippen LogP contribution in [0.2, 0.25) is 0 Å². The number of rotatable bonds is 10. The fraction of sp³-hybridized carbons (Fsp3) is 0.464. The van der Waals surface area contributed by atoms with Gasteiger partial charge in [-0.2, -0.15) is 0 Å². The van der Waals surface area contributed by atoms with Crippen LogP contribution >= 0.6 is 0 Å². The molecule has 8 nitrogen and oxygen atoms in total. The number of benzene rings is 2. The molecule has 0 unspecified atom stereocenters. The summed E-state index contributed by atoms with van der Waals surface area (Å²) in [6, 6.07) is 14.8. The monoisotopic (exact) mass is 496 g/mol. The summed E-state index contributed by atoms with van der Waals surface area (Å²) in [5.74, 6) is -0.804. The molecule has 0 spiro atoms. The molecule has 1 aliphatic carbocycles. The third-order valence-electron chi connectivity index (χ3n) is 6.61. The van der Waals surface area contributed by atoms with E-state index in [-0.39, 0.29) is 24.9 Å². The van der Waals surface area contributed by atoms with Crippen molar-refractivity contribution >= 4 is 17.8 Å². The number of amides is 2. The lowest BCUT2D eigenvalue weighted by Gasteiger charge is -2.32. The van der Waals surface area contributed by atoms with E-state index in [1.165, 1.54) is 0 Å². The van der Waals surface area contributed by atoms with Crippen molar-refractivity contribution in [2.75, 3.05) is 7.11 Å². The molecule has 3 N–H and O–H groups in total. The van der Waals surface area contributed by atoms with Gasteiger partial charge in [-0.05, 0) is 62.8 Å². The van der Waals surface area contributed by atoms with E-state index in [0.717, 1.165) is 11.1 Å². The second kappa shape index (κ2) is 12.5. The fourth-order valence-electron chi connectivity index (χ4n) is 4.22. The van der Waals surface area contributed by atoms with Gasteiger partial charge in [0, 0.05) is 12.3 Å². The Kier molecular flexibility index (Phi) is 9.47. The van der Waals surface area contributed by atoms with Gasteiger partial charge in [0.25, 0.3) is 0 Å². The first kappa shape index (κ1) is 27.2. The lowest BCUT2D eigenvalue weighted by Crippen LogP contribution is -2.52. The molecular weight excluding hydrogens is 460 g/mol. The van der Waals surface area contributed by atoms with E-state index in [2.05, 4.69) is 10.6 Å². The zero-order valence-corrected chi connectivity index (χ0v) is 21.2. The van der Waals surface area contributed by atoms with Crippen molar-refractivity contribution in [3.8, 4) is 5.75 Å². The second-order valence-corrected chi connectivity index (χ2v) is 9.71. The van der Waals surface area contributed by atoms with Crippen LogP contribution in [-0.2, 0) is 32.1 Å². The van der Waals surface area contributed by atoms with Gasteiger partial charge in [-0.15, -0.1) is 0 Å². The number of methoxy groups -OCH3 is 1. The molecule has 8 heteroatoms. The van der Waals surface area contributed by atoms with E-state index in [9.17, 15) is 19.5 Å². The molecule has 36 heavy (non-hydrogen) atoms. The Bertz CT molecular complexity index is 1010. The smallest absolute Gasteiger partial charge is 0.329 e. The average molecular weight is 497 g/mol. The van der Waals surface area contributed by atoms with Crippen molar-refractivity contribution in [2.24, 2.45) is 5.92 Å². The summed E-state index contributed by atoms with van der Waals surface area (Å²) in [6.07, 6.45) is 2.45. The van der Waals surface area contributed by atoms with Crippen molar-refractivity contribution in [3.63, 3.8) is 0 Å². The molecule has 1 fully saturated rings. The van der Waals surface area contributed by atoms with Gasteiger partial charge >= 0.3 is 5.97 Å². The fourth-order valence-corrected chi connectivity index (χ4v) is 4.22. The Balaban J connectivity index is 1.62. The molecular formula is C28H36N2O6. The van der Waals surface area contributed by atoms with Crippen molar-refractivity contribution < 1.29 is 29.0 Å².